The number of piperidine rings is 1. The molecule has 0 aliphatic carbocycles. The van der Waals surface area contributed by atoms with E-state index in [-0.39, 0.29) is 11.9 Å². The Morgan fingerprint density at radius 2 is 1.73 bits per heavy atom. The highest BCUT2D eigenvalue weighted by Gasteiger charge is 2.22. The Morgan fingerprint density at radius 3 is 2.27 bits per heavy atom. The van der Waals surface area contributed by atoms with Crippen molar-refractivity contribution in [2.75, 3.05) is 32.7 Å². The second kappa shape index (κ2) is 11.6. The van der Waals surface area contributed by atoms with Gasteiger partial charge >= 0.3 is 0 Å². The molecule has 1 aliphatic heterocycles. The predicted molar refractivity (Wildman–Crippen MR) is 122 cm³/mol. The maximum Gasteiger partial charge on any atom is 0.243 e. The highest BCUT2D eigenvalue weighted by molar-refractivity contribution is 7.89. The smallest absolute Gasteiger partial charge is 0.243 e. The molecule has 1 amide bonds. The molecule has 0 aromatic heterocycles. The zero-order chi connectivity index (χ0) is 22.1. The van der Waals surface area contributed by atoms with Crippen LogP contribution in [0.3, 0.4) is 0 Å². The number of rotatable bonds is 10. The van der Waals surface area contributed by atoms with Crippen molar-refractivity contribution in [3.63, 3.8) is 0 Å². The van der Waals surface area contributed by atoms with Gasteiger partial charge in [-0.2, -0.15) is 4.31 Å². The number of sulfonamides is 1. The second-order valence-electron chi connectivity index (χ2n) is 8.16. The fraction of sp³-hybridized carbons (Fsp3) is 0.609. The first-order valence-corrected chi connectivity index (χ1v) is 12.4. The molecule has 7 heteroatoms. The summed E-state index contributed by atoms with van der Waals surface area (Å²) in [5, 5.41) is 3.16. The van der Waals surface area contributed by atoms with Crippen LogP contribution in [0.5, 0.6) is 0 Å². The largest absolute Gasteiger partial charge is 0.353 e. The van der Waals surface area contributed by atoms with E-state index < -0.39 is 10.0 Å². The van der Waals surface area contributed by atoms with Crippen LogP contribution >= 0.6 is 0 Å². The Bertz CT molecular complexity index is 803. The molecule has 168 valence electrons. The van der Waals surface area contributed by atoms with Crippen molar-refractivity contribution in [2.24, 2.45) is 0 Å². The van der Waals surface area contributed by atoms with Crippen molar-refractivity contribution < 1.29 is 13.2 Å². The number of carbonyl (C=O) groups is 1. The number of nitrogens with zero attached hydrogens (tertiary/aromatic N) is 2. The Hall–Kier alpha value is -1.70. The van der Waals surface area contributed by atoms with Crippen molar-refractivity contribution in [3.8, 4) is 0 Å². The van der Waals surface area contributed by atoms with Crippen molar-refractivity contribution >= 4 is 15.9 Å². The Labute approximate surface area is 182 Å². The van der Waals surface area contributed by atoms with E-state index in [0.717, 1.165) is 38.0 Å². The Kier molecular flexibility index (Phi) is 9.52. The van der Waals surface area contributed by atoms with Crippen molar-refractivity contribution in [3.05, 3.63) is 41.5 Å². The van der Waals surface area contributed by atoms with Crippen LogP contribution in [0, 0.1) is 0 Å². The molecule has 1 heterocycles. The summed E-state index contributed by atoms with van der Waals surface area (Å²) >= 11 is 0. The predicted octanol–water partition coefficient (Wildman–Crippen LogP) is 3.20. The summed E-state index contributed by atoms with van der Waals surface area (Å²) in [5.74, 6) is 0.0672. The first-order chi connectivity index (χ1) is 14.3. The number of nitrogens with one attached hydrogen (secondary N) is 1. The number of carbonyl (C=O) groups excluding carboxylic acids is 1. The monoisotopic (exact) mass is 435 g/mol. The minimum Gasteiger partial charge on any atom is -0.353 e. The van der Waals surface area contributed by atoms with Gasteiger partial charge in [0.25, 0.3) is 0 Å². The molecule has 1 N–H and O–H groups in total. The third kappa shape index (κ3) is 7.22. The molecule has 1 saturated heterocycles. The molecular formula is C23H37N3O3S. The van der Waals surface area contributed by atoms with Crippen LogP contribution in [-0.2, 0) is 21.2 Å². The molecule has 1 aromatic rings. The minimum absolute atomic E-state index is 0.0672. The lowest BCUT2D eigenvalue weighted by molar-refractivity contribution is -0.122. The lowest BCUT2D eigenvalue weighted by Gasteiger charge is -2.31. The summed E-state index contributed by atoms with van der Waals surface area (Å²) in [4.78, 5) is 15.1. The van der Waals surface area contributed by atoms with Gasteiger partial charge in [0.1, 0.15) is 0 Å². The highest BCUT2D eigenvalue weighted by Crippen LogP contribution is 2.17. The zero-order valence-electron chi connectivity index (χ0n) is 18.9. The topological polar surface area (TPSA) is 69.7 Å². The number of allylic oxidation sites excluding steroid dienone is 1. The average Bonchev–Trinajstić information content (AvgIpc) is 2.72. The molecule has 0 unspecified atom stereocenters. The molecule has 0 spiro atoms. The second-order valence-corrected chi connectivity index (χ2v) is 10.1. The molecule has 0 radical (unpaired) electrons. The van der Waals surface area contributed by atoms with Crippen LogP contribution in [0.2, 0.25) is 0 Å². The number of likely N-dealkylation sites (tertiary alicyclic amines) is 1. The van der Waals surface area contributed by atoms with Gasteiger partial charge < -0.3 is 5.32 Å². The summed E-state index contributed by atoms with van der Waals surface area (Å²) in [5.41, 5.74) is 2.31. The van der Waals surface area contributed by atoms with Gasteiger partial charge in [0.2, 0.25) is 15.9 Å². The third-order valence-electron chi connectivity index (χ3n) is 5.62. The standard InChI is InChI=1S/C23H37N3O3S/c1-5-26(6-2)30(28,29)22-10-7-20(8-11-22)9-12-23(27)24-21-14-17-25(18-15-21)16-13-19(3)4/h7-8,10-11,13,21H,5-6,9,12,14-18H2,1-4H3,(H,24,27). The molecule has 30 heavy (non-hydrogen) atoms. The molecule has 0 saturated carbocycles. The van der Waals surface area contributed by atoms with Crippen molar-refractivity contribution in [1.29, 1.82) is 0 Å². The van der Waals surface area contributed by atoms with E-state index in [1.165, 1.54) is 9.88 Å². The van der Waals surface area contributed by atoms with E-state index >= 15 is 0 Å². The van der Waals surface area contributed by atoms with Gasteiger partial charge in [0.05, 0.1) is 4.90 Å². The van der Waals surface area contributed by atoms with E-state index in [1.807, 2.05) is 26.0 Å². The van der Waals surface area contributed by atoms with Gasteiger partial charge in [-0.3, -0.25) is 9.69 Å². The molecule has 1 fully saturated rings. The number of hydrogen-bond acceptors (Lipinski definition) is 4. The van der Waals surface area contributed by atoms with E-state index in [9.17, 15) is 13.2 Å². The van der Waals surface area contributed by atoms with Gasteiger partial charge in [-0.1, -0.05) is 37.6 Å². The fourth-order valence-electron chi connectivity index (χ4n) is 3.67. The molecule has 6 nitrogen and oxygen atoms in total. The lowest BCUT2D eigenvalue weighted by atomic mass is 10.0. The van der Waals surface area contributed by atoms with Gasteiger partial charge in [0, 0.05) is 45.2 Å². The van der Waals surface area contributed by atoms with Crippen molar-refractivity contribution in [1.82, 2.24) is 14.5 Å². The van der Waals surface area contributed by atoms with Crippen LogP contribution in [0.4, 0.5) is 0 Å². The van der Waals surface area contributed by atoms with E-state index in [2.05, 4.69) is 30.1 Å². The molecular weight excluding hydrogens is 398 g/mol. The summed E-state index contributed by atoms with van der Waals surface area (Å²) in [7, 11) is -3.44. The number of amides is 1. The number of aryl methyl sites for hydroxylation is 1. The molecule has 1 aliphatic rings. The van der Waals surface area contributed by atoms with Crippen LogP contribution < -0.4 is 5.32 Å². The summed E-state index contributed by atoms with van der Waals surface area (Å²) in [6.07, 6.45) is 5.24. The summed E-state index contributed by atoms with van der Waals surface area (Å²) in [6, 6.07) is 7.16. The molecule has 0 atom stereocenters. The van der Waals surface area contributed by atoms with E-state index in [1.54, 1.807) is 12.1 Å². The average molecular weight is 436 g/mol. The maximum absolute atomic E-state index is 12.5. The Balaban J connectivity index is 1.78. The highest BCUT2D eigenvalue weighted by atomic mass is 32.2. The first kappa shape index (κ1) is 24.6. The van der Waals surface area contributed by atoms with Crippen molar-refractivity contribution in [2.45, 2.75) is 64.3 Å². The molecule has 1 aromatic carbocycles. The van der Waals surface area contributed by atoms with Crippen LogP contribution in [0.1, 0.15) is 52.5 Å². The number of benzene rings is 1. The minimum atomic E-state index is -3.44. The van der Waals surface area contributed by atoms with Crippen LogP contribution in [0.15, 0.2) is 40.8 Å². The summed E-state index contributed by atoms with van der Waals surface area (Å²) < 4.78 is 26.5. The third-order valence-corrected chi connectivity index (χ3v) is 7.68. The first-order valence-electron chi connectivity index (χ1n) is 11.0. The SMILES string of the molecule is CCN(CC)S(=O)(=O)c1ccc(CCC(=O)NC2CCN(CC=C(C)C)CC2)cc1. The van der Waals surface area contributed by atoms with Gasteiger partial charge in [-0.15, -0.1) is 0 Å². The van der Waals surface area contributed by atoms with E-state index in [4.69, 9.17) is 0 Å². The number of hydrogen-bond donors (Lipinski definition) is 1. The molecule has 2 rings (SSSR count). The van der Waals surface area contributed by atoms with Crippen LogP contribution in [-0.4, -0.2) is 62.3 Å². The van der Waals surface area contributed by atoms with E-state index in [0.29, 0.717) is 30.8 Å². The molecule has 0 bridgehead atoms. The Morgan fingerprint density at radius 1 is 1.13 bits per heavy atom. The quantitative estimate of drug-likeness (QED) is 0.573. The fourth-order valence-corrected chi connectivity index (χ4v) is 5.13. The summed E-state index contributed by atoms with van der Waals surface area (Å²) in [6.45, 7) is 11.8. The van der Waals surface area contributed by atoms with Gasteiger partial charge in [-0.25, -0.2) is 8.42 Å². The normalized spacial score (nSPS) is 15.9. The lowest BCUT2D eigenvalue weighted by Crippen LogP contribution is -2.44. The van der Waals surface area contributed by atoms with Gasteiger partial charge in [-0.05, 0) is 50.8 Å². The van der Waals surface area contributed by atoms with Gasteiger partial charge in [0.15, 0.2) is 0 Å². The van der Waals surface area contributed by atoms with Crippen LogP contribution in [0.25, 0.3) is 0 Å². The maximum atomic E-state index is 12.5. The zero-order valence-corrected chi connectivity index (χ0v) is 19.7.